The van der Waals surface area contributed by atoms with E-state index >= 15 is 0 Å². The number of carbonyl (C=O) groups excluding carboxylic acids is 2. The van der Waals surface area contributed by atoms with Crippen molar-refractivity contribution in [2.45, 2.75) is 51.8 Å². The quantitative estimate of drug-likeness (QED) is 0.496. The van der Waals surface area contributed by atoms with E-state index in [2.05, 4.69) is 4.98 Å². The summed E-state index contributed by atoms with van der Waals surface area (Å²) in [7, 11) is 1.41. The number of ether oxygens (including phenoxy) is 1. The van der Waals surface area contributed by atoms with Crippen molar-refractivity contribution < 1.29 is 31.9 Å². The van der Waals surface area contributed by atoms with Crippen LogP contribution in [-0.2, 0) is 16.0 Å². The number of fused-ring (bicyclic) bond motifs is 2. The van der Waals surface area contributed by atoms with Crippen LogP contribution in [0.15, 0.2) is 35.3 Å². The Labute approximate surface area is 209 Å². The molecular weight excluding hydrogens is 494 g/mol. The predicted molar refractivity (Wildman–Crippen MR) is 128 cm³/mol. The van der Waals surface area contributed by atoms with Crippen LogP contribution in [0.5, 0.6) is 0 Å². The lowest BCUT2D eigenvalue weighted by atomic mass is 10.0. The van der Waals surface area contributed by atoms with E-state index in [4.69, 9.17) is 4.74 Å². The van der Waals surface area contributed by atoms with Gasteiger partial charge in [0, 0.05) is 31.3 Å². The number of aromatic amines is 1. The van der Waals surface area contributed by atoms with Gasteiger partial charge in [-0.3, -0.25) is 14.5 Å². The SMILES string of the molecule is CC(c1c[nH]c(=O)c2cc(F)c(F)cc12)N(C)C(=O)C1Cc2c(F)cc(F)cc2N1C(=O)OC(C)(C)C. The molecule has 11 heteroatoms. The Hall–Kier alpha value is -3.89. The molecule has 0 saturated heterocycles. The fourth-order valence-electron chi connectivity index (χ4n) is 4.45. The number of aromatic nitrogens is 1. The standard InChI is InChI=1S/C26H25F4N3O4/c1-12(17-11-31-23(34)15-9-20(30)19(29)8-14(15)17)32(5)24(35)22-10-16-18(28)6-13(27)7-21(16)33(22)25(36)37-26(2,3)4/h6-9,11-12,22H,10H2,1-5H3,(H,31,34). The molecule has 3 aromatic rings. The molecule has 1 aliphatic rings. The highest BCUT2D eigenvalue weighted by Gasteiger charge is 2.44. The van der Waals surface area contributed by atoms with Gasteiger partial charge in [0.25, 0.3) is 5.56 Å². The van der Waals surface area contributed by atoms with Crippen LogP contribution in [-0.4, -0.2) is 40.6 Å². The maximum Gasteiger partial charge on any atom is 0.415 e. The minimum atomic E-state index is -1.27. The van der Waals surface area contributed by atoms with Crippen LogP contribution in [0.2, 0.25) is 0 Å². The number of amides is 2. The maximum atomic E-state index is 14.6. The first-order valence-corrected chi connectivity index (χ1v) is 11.5. The van der Waals surface area contributed by atoms with Crippen LogP contribution in [0, 0.1) is 23.3 Å². The van der Waals surface area contributed by atoms with Crippen LogP contribution >= 0.6 is 0 Å². The highest BCUT2D eigenvalue weighted by Crippen LogP contribution is 2.38. The van der Waals surface area contributed by atoms with Crippen molar-refractivity contribution in [3.8, 4) is 0 Å². The van der Waals surface area contributed by atoms with Crippen LogP contribution in [0.1, 0.15) is 44.9 Å². The van der Waals surface area contributed by atoms with E-state index in [1.54, 1.807) is 27.7 Å². The molecule has 0 spiro atoms. The predicted octanol–water partition coefficient (Wildman–Crippen LogP) is 4.97. The number of hydrogen-bond acceptors (Lipinski definition) is 4. The molecule has 4 rings (SSSR count). The molecule has 37 heavy (non-hydrogen) atoms. The van der Waals surface area contributed by atoms with Gasteiger partial charge in [-0.25, -0.2) is 22.4 Å². The van der Waals surface area contributed by atoms with E-state index in [9.17, 15) is 31.9 Å². The van der Waals surface area contributed by atoms with Gasteiger partial charge in [0.2, 0.25) is 5.91 Å². The van der Waals surface area contributed by atoms with Gasteiger partial charge in [0.1, 0.15) is 23.3 Å². The second-order valence-electron chi connectivity index (χ2n) is 9.97. The Morgan fingerprint density at radius 3 is 2.30 bits per heavy atom. The number of benzene rings is 2. The summed E-state index contributed by atoms with van der Waals surface area (Å²) in [5.41, 5.74) is -1.41. The number of nitrogens with one attached hydrogen (secondary N) is 1. The molecule has 2 unspecified atom stereocenters. The molecule has 0 fully saturated rings. The number of rotatable bonds is 3. The third-order valence-electron chi connectivity index (χ3n) is 6.33. The summed E-state index contributed by atoms with van der Waals surface area (Å²) < 4.78 is 61.9. The first kappa shape index (κ1) is 26.2. The Bertz CT molecular complexity index is 1480. The van der Waals surface area contributed by atoms with E-state index in [1.165, 1.54) is 18.1 Å². The number of carbonyl (C=O) groups is 2. The number of halogens is 4. The number of anilines is 1. The average Bonchev–Trinajstić information content (AvgIpc) is 3.18. The molecule has 0 aliphatic carbocycles. The van der Waals surface area contributed by atoms with Gasteiger partial charge in [-0.1, -0.05) is 0 Å². The summed E-state index contributed by atoms with van der Waals surface area (Å²) in [6, 6.07) is 1.22. The molecular formula is C26H25F4N3O4. The summed E-state index contributed by atoms with van der Waals surface area (Å²) >= 11 is 0. The normalized spacial score (nSPS) is 16.0. The van der Waals surface area contributed by atoms with Crippen molar-refractivity contribution in [2.75, 3.05) is 11.9 Å². The number of hydrogen-bond donors (Lipinski definition) is 1. The monoisotopic (exact) mass is 519 g/mol. The second kappa shape index (κ2) is 9.20. The zero-order valence-electron chi connectivity index (χ0n) is 20.8. The van der Waals surface area contributed by atoms with Crippen molar-refractivity contribution in [1.29, 1.82) is 0 Å². The lowest BCUT2D eigenvalue weighted by Gasteiger charge is -2.33. The van der Waals surface area contributed by atoms with E-state index in [0.717, 1.165) is 23.1 Å². The summed E-state index contributed by atoms with van der Waals surface area (Å²) in [6.07, 6.45) is 0.103. The summed E-state index contributed by atoms with van der Waals surface area (Å²) in [4.78, 5) is 43.6. The first-order valence-electron chi connectivity index (χ1n) is 11.5. The van der Waals surface area contributed by atoms with Gasteiger partial charge in [0.05, 0.1) is 17.1 Å². The number of likely N-dealkylation sites (N-methyl/N-ethyl adjacent to an activating group) is 1. The van der Waals surface area contributed by atoms with Gasteiger partial charge in [0.15, 0.2) is 11.6 Å². The minimum Gasteiger partial charge on any atom is -0.443 e. The number of H-pyrrole nitrogens is 1. The van der Waals surface area contributed by atoms with Crippen molar-refractivity contribution in [1.82, 2.24) is 9.88 Å². The van der Waals surface area contributed by atoms with Crippen molar-refractivity contribution in [3.05, 3.63) is 75.2 Å². The van der Waals surface area contributed by atoms with E-state index in [1.807, 2.05) is 0 Å². The Kier molecular flexibility index (Phi) is 6.51. The lowest BCUT2D eigenvalue weighted by molar-refractivity contribution is -0.133. The Morgan fingerprint density at radius 1 is 1.05 bits per heavy atom. The number of nitrogens with zero attached hydrogens (tertiary/aromatic N) is 2. The largest absolute Gasteiger partial charge is 0.443 e. The molecule has 2 heterocycles. The van der Waals surface area contributed by atoms with Crippen molar-refractivity contribution >= 4 is 28.5 Å². The Balaban J connectivity index is 1.74. The van der Waals surface area contributed by atoms with E-state index in [-0.39, 0.29) is 28.4 Å². The molecule has 1 N–H and O–H groups in total. The van der Waals surface area contributed by atoms with Gasteiger partial charge in [-0.15, -0.1) is 0 Å². The lowest BCUT2D eigenvalue weighted by Crippen LogP contribution is -2.50. The van der Waals surface area contributed by atoms with Crippen LogP contribution in [0.25, 0.3) is 10.8 Å². The molecule has 2 aromatic carbocycles. The highest BCUT2D eigenvalue weighted by atomic mass is 19.2. The van der Waals surface area contributed by atoms with E-state index in [0.29, 0.717) is 11.6 Å². The van der Waals surface area contributed by atoms with Crippen LogP contribution in [0.4, 0.5) is 28.0 Å². The minimum absolute atomic E-state index is 0.0151. The van der Waals surface area contributed by atoms with Gasteiger partial charge >= 0.3 is 6.09 Å². The van der Waals surface area contributed by atoms with Crippen LogP contribution in [0.3, 0.4) is 0 Å². The first-order chi connectivity index (χ1) is 17.2. The summed E-state index contributed by atoms with van der Waals surface area (Å²) in [5.74, 6) is -4.83. The van der Waals surface area contributed by atoms with Crippen LogP contribution < -0.4 is 10.5 Å². The molecule has 2 amide bonds. The molecule has 1 aliphatic heterocycles. The molecule has 0 saturated carbocycles. The molecule has 7 nitrogen and oxygen atoms in total. The topological polar surface area (TPSA) is 82.7 Å². The molecule has 1 aromatic heterocycles. The van der Waals surface area contributed by atoms with Gasteiger partial charge in [-0.05, 0) is 56.8 Å². The maximum absolute atomic E-state index is 14.6. The molecule has 0 radical (unpaired) electrons. The zero-order chi connectivity index (χ0) is 27.4. The van der Waals surface area contributed by atoms with Gasteiger partial charge in [-0.2, -0.15) is 0 Å². The zero-order valence-corrected chi connectivity index (χ0v) is 20.8. The number of pyridine rings is 1. The van der Waals surface area contributed by atoms with E-state index < -0.39 is 58.5 Å². The summed E-state index contributed by atoms with van der Waals surface area (Å²) in [6.45, 7) is 6.43. The average molecular weight is 519 g/mol. The fraction of sp³-hybridized carbons (Fsp3) is 0.346. The second-order valence-corrected chi connectivity index (χ2v) is 9.97. The smallest absolute Gasteiger partial charge is 0.415 e. The third-order valence-corrected chi connectivity index (χ3v) is 6.33. The summed E-state index contributed by atoms with van der Waals surface area (Å²) in [5, 5.41) is -0.00748. The highest BCUT2D eigenvalue weighted by molar-refractivity contribution is 6.01. The van der Waals surface area contributed by atoms with Crippen molar-refractivity contribution in [3.63, 3.8) is 0 Å². The third kappa shape index (κ3) is 4.77. The molecule has 0 bridgehead atoms. The van der Waals surface area contributed by atoms with Gasteiger partial charge < -0.3 is 14.6 Å². The Morgan fingerprint density at radius 2 is 1.68 bits per heavy atom. The molecule has 196 valence electrons. The molecule has 2 atom stereocenters. The van der Waals surface area contributed by atoms with Crippen molar-refractivity contribution in [2.24, 2.45) is 0 Å². The fourth-order valence-corrected chi connectivity index (χ4v) is 4.45.